The first-order valence-electron chi connectivity index (χ1n) is 9.79. The van der Waals surface area contributed by atoms with Gasteiger partial charge in [-0.05, 0) is 68.0 Å². The van der Waals surface area contributed by atoms with Crippen LogP contribution in [0.3, 0.4) is 0 Å². The Kier molecular flexibility index (Phi) is 6.51. The van der Waals surface area contributed by atoms with Crippen molar-refractivity contribution >= 4 is 5.91 Å². The molecule has 1 heterocycles. The van der Waals surface area contributed by atoms with Crippen molar-refractivity contribution in [3.8, 4) is 5.75 Å². The van der Waals surface area contributed by atoms with Crippen molar-refractivity contribution in [3.63, 3.8) is 0 Å². The number of piperidine rings is 1. The molecule has 1 amide bonds. The van der Waals surface area contributed by atoms with Crippen molar-refractivity contribution in [1.29, 1.82) is 0 Å². The number of carbonyl (C=O) groups is 1. The Hall–Kier alpha value is -2.33. The van der Waals surface area contributed by atoms with Gasteiger partial charge in [0, 0.05) is 19.6 Å². The normalized spacial score (nSPS) is 15.5. The topological polar surface area (TPSA) is 41.6 Å². The summed E-state index contributed by atoms with van der Waals surface area (Å²) in [6.45, 7) is 9.14. The standard InChI is InChI=1S/C23H30N2O2/c1-17-8-9-22(14-19(17)3)27-21-10-12-25(13-11-21)16-23(26)24-15-20-7-5-4-6-18(20)2/h4-9,14,21H,10-13,15-16H2,1-3H3,(H,24,26). The van der Waals surface area contributed by atoms with Crippen LogP contribution >= 0.6 is 0 Å². The average molecular weight is 367 g/mol. The lowest BCUT2D eigenvalue weighted by atomic mass is 10.1. The van der Waals surface area contributed by atoms with Gasteiger partial charge in [-0.3, -0.25) is 9.69 Å². The Bertz CT molecular complexity index is 780. The van der Waals surface area contributed by atoms with Crippen LogP contribution in [0.15, 0.2) is 42.5 Å². The highest BCUT2D eigenvalue weighted by Crippen LogP contribution is 2.21. The van der Waals surface area contributed by atoms with Crippen LogP contribution in [0.25, 0.3) is 0 Å². The van der Waals surface area contributed by atoms with Crippen LogP contribution in [0.5, 0.6) is 5.75 Å². The molecule has 1 N–H and O–H groups in total. The Morgan fingerprint density at radius 3 is 2.48 bits per heavy atom. The van der Waals surface area contributed by atoms with E-state index in [1.54, 1.807) is 0 Å². The fourth-order valence-electron chi connectivity index (χ4n) is 3.43. The number of aryl methyl sites for hydroxylation is 3. The molecule has 0 aromatic heterocycles. The third-order valence-corrected chi connectivity index (χ3v) is 5.42. The van der Waals surface area contributed by atoms with Crippen molar-refractivity contribution in [2.24, 2.45) is 0 Å². The molecule has 0 aliphatic carbocycles. The fraction of sp³-hybridized carbons (Fsp3) is 0.435. The highest BCUT2D eigenvalue weighted by Gasteiger charge is 2.22. The zero-order valence-corrected chi connectivity index (χ0v) is 16.6. The smallest absolute Gasteiger partial charge is 0.234 e. The molecule has 0 atom stereocenters. The van der Waals surface area contributed by atoms with Gasteiger partial charge in [-0.25, -0.2) is 0 Å². The van der Waals surface area contributed by atoms with Crippen molar-refractivity contribution in [2.75, 3.05) is 19.6 Å². The number of likely N-dealkylation sites (tertiary alicyclic amines) is 1. The van der Waals surface area contributed by atoms with Crippen LogP contribution in [-0.2, 0) is 11.3 Å². The Morgan fingerprint density at radius 2 is 1.78 bits per heavy atom. The van der Waals surface area contributed by atoms with E-state index < -0.39 is 0 Å². The zero-order chi connectivity index (χ0) is 19.2. The Labute approximate surface area is 162 Å². The zero-order valence-electron chi connectivity index (χ0n) is 16.6. The molecule has 0 unspecified atom stereocenters. The summed E-state index contributed by atoms with van der Waals surface area (Å²) in [6.07, 6.45) is 2.15. The molecule has 0 spiro atoms. The van der Waals surface area contributed by atoms with Crippen molar-refractivity contribution < 1.29 is 9.53 Å². The summed E-state index contributed by atoms with van der Waals surface area (Å²) in [5.41, 5.74) is 4.93. The van der Waals surface area contributed by atoms with Gasteiger partial charge in [0.25, 0.3) is 0 Å². The van der Waals surface area contributed by atoms with Crippen LogP contribution in [0, 0.1) is 20.8 Å². The van der Waals surface area contributed by atoms with E-state index in [0.717, 1.165) is 31.7 Å². The van der Waals surface area contributed by atoms with Gasteiger partial charge < -0.3 is 10.1 Å². The van der Waals surface area contributed by atoms with E-state index in [0.29, 0.717) is 13.1 Å². The van der Waals surface area contributed by atoms with Crippen molar-refractivity contribution in [1.82, 2.24) is 10.2 Å². The van der Waals surface area contributed by atoms with Gasteiger partial charge in [0.15, 0.2) is 0 Å². The molecule has 0 bridgehead atoms. The van der Waals surface area contributed by atoms with Gasteiger partial charge in [0.2, 0.25) is 5.91 Å². The van der Waals surface area contributed by atoms with Crippen LogP contribution in [0.2, 0.25) is 0 Å². The molecular formula is C23H30N2O2. The maximum atomic E-state index is 12.3. The molecule has 144 valence electrons. The van der Waals surface area contributed by atoms with Crippen LogP contribution < -0.4 is 10.1 Å². The minimum Gasteiger partial charge on any atom is -0.490 e. The summed E-state index contributed by atoms with van der Waals surface area (Å²) in [6, 6.07) is 14.4. The molecule has 1 fully saturated rings. The number of amides is 1. The number of carbonyl (C=O) groups excluding carboxylic acids is 1. The van der Waals surface area contributed by atoms with E-state index >= 15 is 0 Å². The van der Waals surface area contributed by atoms with Gasteiger partial charge in [-0.1, -0.05) is 30.3 Å². The van der Waals surface area contributed by atoms with Gasteiger partial charge in [0.1, 0.15) is 11.9 Å². The lowest BCUT2D eigenvalue weighted by Crippen LogP contribution is -2.43. The molecule has 2 aromatic rings. The average Bonchev–Trinajstić information content (AvgIpc) is 2.66. The second-order valence-electron chi connectivity index (χ2n) is 7.54. The minimum atomic E-state index is 0.0896. The first kappa shape index (κ1) is 19.4. The number of hydrogen-bond donors (Lipinski definition) is 1. The number of benzene rings is 2. The highest BCUT2D eigenvalue weighted by atomic mass is 16.5. The molecule has 1 saturated heterocycles. The fourth-order valence-corrected chi connectivity index (χ4v) is 3.43. The summed E-state index contributed by atoms with van der Waals surface area (Å²) >= 11 is 0. The largest absolute Gasteiger partial charge is 0.490 e. The highest BCUT2D eigenvalue weighted by molar-refractivity contribution is 5.78. The molecule has 4 nitrogen and oxygen atoms in total. The first-order valence-corrected chi connectivity index (χ1v) is 9.79. The number of rotatable bonds is 6. The number of nitrogens with one attached hydrogen (secondary N) is 1. The van der Waals surface area contributed by atoms with Crippen molar-refractivity contribution in [2.45, 2.75) is 46.3 Å². The van der Waals surface area contributed by atoms with E-state index in [-0.39, 0.29) is 12.0 Å². The van der Waals surface area contributed by atoms with Crippen LogP contribution in [0.4, 0.5) is 0 Å². The molecule has 2 aromatic carbocycles. The van der Waals surface area contributed by atoms with E-state index in [2.05, 4.69) is 55.3 Å². The maximum absolute atomic E-state index is 12.3. The van der Waals surface area contributed by atoms with Crippen LogP contribution in [-0.4, -0.2) is 36.5 Å². The quantitative estimate of drug-likeness (QED) is 0.846. The molecule has 27 heavy (non-hydrogen) atoms. The molecule has 1 aliphatic rings. The summed E-state index contributed by atoms with van der Waals surface area (Å²) < 4.78 is 6.14. The van der Waals surface area contributed by atoms with E-state index in [9.17, 15) is 4.79 Å². The summed E-state index contributed by atoms with van der Waals surface area (Å²) in [7, 11) is 0. The monoisotopic (exact) mass is 366 g/mol. The summed E-state index contributed by atoms with van der Waals surface area (Å²) in [5, 5.41) is 3.04. The minimum absolute atomic E-state index is 0.0896. The van der Waals surface area contributed by atoms with Gasteiger partial charge in [-0.2, -0.15) is 0 Å². The summed E-state index contributed by atoms with van der Waals surface area (Å²) in [4.78, 5) is 14.5. The molecule has 1 aliphatic heterocycles. The molecular weight excluding hydrogens is 336 g/mol. The Balaban J connectivity index is 1.40. The maximum Gasteiger partial charge on any atom is 0.234 e. The lowest BCUT2D eigenvalue weighted by molar-refractivity contribution is -0.122. The third-order valence-electron chi connectivity index (χ3n) is 5.42. The van der Waals surface area contributed by atoms with Crippen molar-refractivity contribution in [3.05, 3.63) is 64.7 Å². The van der Waals surface area contributed by atoms with E-state index in [1.165, 1.54) is 22.3 Å². The number of ether oxygens (including phenoxy) is 1. The predicted molar refractivity (Wildman–Crippen MR) is 109 cm³/mol. The predicted octanol–water partition coefficient (Wildman–Crippen LogP) is 3.77. The first-order chi connectivity index (χ1) is 13.0. The molecule has 4 heteroatoms. The SMILES string of the molecule is Cc1ccc(OC2CCN(CC(=O)NCc3ccccc3C)CC2)cc1C. The molecule has 0 saturated carbocycles. The Morgan fingerprint density at radius 1 is 1.04 bits per heavy atom. The number of nitrogens with zero attached hydrogens (tertiary/aromatic N) is 1. The number of hydrogen-bond acceptors (Lipinski definition) is 3. The third kappa shape index (κ3) is 5.57. The molecule has 3 rings (SSSR count). The summed E-state index contributed by atoms with van der Waals surface area (Å²) in [5.74, 6) is 1.04. The molecule has 0 radical (unpaired) electrons. The van der Waals surface area contributed by atoms with E-state index in [1.807, 2.05) is 18.2 Å². The lowest BCUT2D eigenvalue weighted by Gasteiger charge is -2.31. The second kappa shape index (κ2) is 9.05. The van der Waals surface area contributed by atoms with Crippen LogP contribution in [0.1, 0.15) is 35.1 Å². The van der Waals surface area contributed by atoms with Gasteiger partial charge >= 0.3 is 0 Å². The van der Waals surface area contributed by atoms with Gasteiger partial charge in [-0.15, -0.1) is 0 Å². The van der Waals surface area contributed by atoms with E-state index in [4.69, 9.17) is 4.74 Å². The van der Waals surface area contributed by atoms with Gasteiger partial charge in [0.05, 0.1) is 6.54 Å². The second-order valence-corrected chi connectivity index (χ2v) is 7.54.